The number of rotatable bonds is 4. The summed E-state index contributed by atoms with van der Waals surface area (Å²) in [6.45, 7) is 0. The molecule has 0 atom stereocenters. The molecule has 0 spiro atoms. The number of anilines is 3. The molecule has 7 heteroatoms. The van der Waals surface area contributed by atoms with Crippen LogP contribution in [0.4, 0.5) is 17.1 Å². The van der Waals surface area contributed by atoms with Crippen LogP contribution in [-0.2, 0) is 10.1 Å². The third-order valence-corrected chi connectivity index (χ3v) is 3.29. The first kappa shape index (κ1) is 13.2. The predicted octanol–water partition coefficient (Wildman–Crippen LogP) is 1.95. The van der Waals surface area contributed by atoms with Crippen LogP contribution in [0, 0.1) is 0 Å². The van der Waals surface area contributed by atoms with Crippen molar-refractivity contribution >= 4 is 27.2 Å². The molecule has 6 nitrogen and oxygen atoms in total. The van der Waals surface area contributed by atoms with E-state index in [4.69, 9.17) is 10.3 Å². The van der Waals surface area contributed by atoms with Gasteiger partial charge in [0.25, 0.3) is 10.1 Å². The second kappa shape index (κ2) is 5.17. The highest BCUT2D eigenvalue weighted by Crippen LogP contribution is 2.23. The van der Waals surface area contributed by atoms with Gasteiger partial charge < -0.3 is 11.2 Å². The van der Waals surface area contributed by atoms with Crippen LogP contribution in [0.2, 0.25) is 0 Å². The lowest BCUT2D eigenvalue weighted by Gasteiger charge is -2.12. The molecule has 0 saturated carbocycles. The van der Waals surface area contributed by atoms with Gasteiger partial charge in [-0.05, 0) is 30.3 Å². The van der Waals surface area contributed by atoms with Crippen LogP contribution in [-0.4, -0.2) is 13.0 Å². The number of benzene rings is 2. The zero-order valence-corrected chi connectivity index (χ0v) is 10.7. The summed E-state index contributed by atoms with van der Waals surface area (Å²) in [5.74, 6) is 0. The molecule has 0 aliphatic rings. The van der Waals surface area contributed by atoms with Crippen LogP contribution in [0.5, 0.6) is 0 Å². The summed E-state index contributed by atoms with van der Waals surface area (Å²) in [6.07, 6.45) is 0. The fraction of sp³-hybridized carbons (Fsp3) is 0. The zero-order valence-electron chi connectivity index (χ0n) is 9.87. The number of hydrogen-bond acceptors (Lipinski definition) is 5. The Balaban J connectivity index is 2.26. The molecule has 0 heterocycles. The minimum Gasteiger partial charge on any atom is -0.399 e. The predicted molar refractivity (Wildman–Crippen MR) is 74.4 cm³/mol. The van der Waals surface area contributed by atoms with Gasteiger partial charge in [-0.2, -0.15) is 8.42 Å². The zero-order chi connectivity index (χ0) is 13.9. The van der Waals surface area contributed by atoms with E-state index < -0.39 is 10.1 Å². The van der Waals surface area contributed by atoms with E-state index in [1.807, 2.05) is 18.2 Å². The smallest absolute Gasteiger partial charge is 0.296 e. The van der Waals surface area contributed by atoms with E-state index in [1.165, 1.54) is 18.2 Å². The van der Waals surface area contributed by atoms with Gasteiger partial charge in [-0.25, -0.2) is 0 Å². The molecule has 2 aromatic carbocycles. The van der Waals surface area contributed by atoms with Gasteiger partial charge in [-0.15, -0.1) is 0 Å². The van der Waals surface area contributed by atoms with E-state index in [2.05, 4.69) is 10.9 Å². The summed E-state index contributed by atoms with van der Waals surface area (Å²) in [6, 6.07) is 13.3. The molecule has 5 N–H and O–H groups in total. The van der Waals surface area contributed by atoms with Crippen LogP contribution in [0.1, 0.15) is 0 Å². The van der Waals surface area contributed by atoms with Gasteiger partial charge in [0.2, 0.25) is 0 Å². The fourth-order valence-electron chi connectivity index (χ4n) is 1.52. The second-order valence-electron chi connectivity index (χ2n) is 3.85. The molecule has 0 amide bonds. The molecule has 2 rings (SSSR count). The van der Waals surface area contributed by atoms with Gasteiger partial charge in [0.05, 0.1) is 11.4 Å². The summed E-state index contributed by atoms with van der Waals surface area (Å²) in [7, 11) is -4.34. The number of hydrazine groups is 1. The molecule has 0 fully saturated rings. The molecule has 0 unspecified atom stereocenters. The van der Waals surface area contributed by atoms with E-state index in [9.17, 15) is 8.42 Å². The van der Waals surface area contributed by atoms with Gasteiger partial charge in [-0.3, -0.25) is 9.98 Å². The molecular formula is C12H13N3O3S. The molecule has 0 saturated heterocycles. The van der Waals surface area contributed by atoms with Gasteiger partial charge >= 0.3 is 0 Å². The molecule has 0 aromatic heterocycles. The van der Waals surface area contributed by atoms with Gasteiger partial charge in [0.15, 0.2) is 0 Å². The summed E-state index contributed by atoms with van der Waals surface area (Å²) in [4.78, 5) is -0.282. The minimum absolute atomic E-state index is 0.209. The summed E-state index contributed by atoms with van der Waals surface area (Å²) >= 11 is 0. The van der Waals surface area contributed by atoms with Crippen molar-refractivity contribution in [3.63, 3.8) is 0 Å². The van der Waals surface area contributed by atoms with Crippen molar-refractivity contribution in [1.82, 2.24) is 0 Å². The lowest BCUT2D eigenvalue weighted by molar-refractivity contribution is 0.483. The average molecular weight is 279 g/mol. The largest absolute Gasteiger partial charge is 0.399 e. The summed E-state index contributed by atoms with van der Waals surface area (Å²) in [5, 5.41) is 0. The highest BCUT2D eigenvalue weighted by atomic mass is 32.2. The highest BCUT2D eigenvalue weighted by Gasteiger charge is 2.15. The van der Waals surface area contributed by atoms with Gasteiger partial charge in [-0.1, -0.05) is 18.2 Å². The minimum atomic E-state index is -4.34. The molecule has 2 aromatic rings. The van der Waals surface area contributed by atoms with Crippen molar-refractivity contribution in [1.29, 1.82) is 0 Å². The van der Waals surface area contributed by atoms with E-state index in [0.717, 1.165) is 5.69 Å². The highest BCUT2D eigenvalue weighted by molar-refractivity contribution is 7.86. The molecule has 0 bridgehead atoms. The van der Waals surface area contributed by atoms with Crippen molar-refractivity contribution in [2.24, 2.45) is 0 Å². The number of nitrogens with two attached hydrogens (primary N) is 1. The van der Waals surface area contributed by atoms with Crippen LogP contribution in [0.25, 0.3) is 0 Å². The monoisotopic (exact) mass is 279 g/mol. The summed E-state index contributed by atoms with van der Waals surface area (Å²) < 4.78 is 31.6. The van der Waals surface area contributed by atoms with E-state index >= 15 is 0 Å². The van der Waals surface area contributed by atoms with Crippen LogP contribution >= 0.6 is 0 Å². The lowest BCUT2D eigenvalue weighted by Crippen LogP contribution is -2.12. The molecule has 100 valence electrons. The Labute approximate surface area is 111 Å². The molecule has 0 radical (unpaired) electrons. The summed E-state index contributed by atoms with van der Waals surface area (Å²) in [5.41, 5.74) is 12.3. The van der Waals surface area contributed by atoms with Gasteiger partial charge in [0.1, 0.15) is 4.90 Å². The Morgan fingerprint density at radius 3 is 2.32 bits per heavy atom. The maximum atomic E-state index is 11.2. The maximum absolute atomic E-state index is 11.2. The average Bonchev–Trinajstić information content (AvgIpc) is 2.37. The van der Waals surface area contributed by atoms with Crippen molar-refractivity contribution in [2.75, 3.05) is 16.6 Å². The Kier molecular flexibility index (Phi) is 3.59. The van der Waals surface area contributed by atoms with E-state index in [0.29, 0.717) is 0 Å². The number of nitrogens with one attached hydrogen (secondary N) is 2. The molecule has 0 aliphatic heterocycles. The topological polar surface area (TPSA) is 104 Å². The normalized spacial score (nSPS) is 11.0. The second-order valence-corrected chi connectivity index (χ2v) is 5.24. The fourth-order valence-corrected chi connectivity index (χ4v) is 2.20. The standard InChI is InChI=1S/C12H13N3O3S/c13-9-6-7-11(12(8-9)19(16,17)18)15-14-10-4-2-1-3-5-10/h1-8,14-15H,13H2,(H,16,17,18). The quantitative estimate of drug-likeness (QED) is 0.387. The third-order valence-electron chi connectivity index (χ3n) is 2.40. The van der Waals surface area contributed by atoms with Crippen LogP contribution in [0.15, 0.2) is 53.4 Å². The van der Waals surface area contributed by atoms with Crippen molar-refractivity contribution in [3.8, 4) is 0 Å². The number of para-hydroxylation sites is 1. The first-order chi connectivity index (χ1) is 8.97. The first-order valence-corrected chi connectivity index (χ1v) is 6.85. The Hall–Kier alpha value is -2.25. The third kappa shape index (κ3) is 3.36. The Morgan fingerprint density at radius 1 is 1.00 bits per heavy atom. The maximum Gasteiger partial charge on any atom is 0.296 e. The van der Waals surface area contributed by atoms with Crippen LogP contribution < -0.4 is 16.6 Å². The van der Waals surface area contributed by atoms with Gasteiger partial charge in [0, 0.05) is 5.69 Å². The number of hydrogen-bond donors (Lipinski definition) is 4. The Bertz CT molecular complexity index is 672. The first-order valence-electron chi connectivity index (χ1n) is 5.41. The molecular weight excluding hydrogens is 266 g/mol. The lowest BCUT2D eigenvalue weighted by atomic mass is 10.3. The SMILES string of the molecule is Nc1ccc(NNc2ccccc2)c(S(=O)(=O)O)c1. The molecule has 19 heavy (non-hydrogen) atoms. The van der Waals surface area contributed by atoms with Crippen molar-refractivity contribution in [2.45, 2.75) is 4.90 Å². The van der Waals surface area contributed by atoms with Crippen molar-refractivity contribution in [3.05, 3.63) is 48.5 Å². The molecule has 0 aliphatic carbocycles. The van der Waals surface area contributed by atoms with E-state index in [-0.39, 0.29) is 16.3 Å². The van der Waals surface area contributed by atoms with E-state index in [1.54, 1.807) is 12.1 Å². The number of nitrogen functional groups attached to an aromatic ring is 1. The Morgan fingerprint density at radius 2 is 1.68 bits per heavy atom. The van der Waals surface area contributed by atoms with Crippen LogP contribution in [0.3, 0.4) is 0 Å². The van der Waals surface area contributed by atoms with Crippen molar-refractivity contribution < 1.29 is 13.0 Å².